The molecule has 0 amide bonds. The van der Waals surface area contributed by atoms with Crippen molar-refractivity contribution in [3.05, 3.63) is 11.8 Å². The summed E-state index contributed by atoms with van der Waals surface area (Å²) in [6, 6.07) is 0. The molecule has 4 nitrogen and oxygen atoms in total. The Labute approximate surface area is 140 Å². The fourth-order valence-corrected chi connectivity index (χ4v) is 2.25. The van der Waals surface area contributed by atoms with Gasteiger partial charge in [0, 0.05) is 7.05 Å². The van der Waals surface area contributed by atoms with Gasteiger partial charge in [-0.1, -0.05) is 0 Å². The molecule has 0 saturated carbocycles. The summed E-state index contributed by atoms with van der Waals surface area (Å²) in [6.45, 7) is 0.393. The van der Waals surface area contributed by atoms with Crippen LogP contribution >= 0.6 is 0 Å². The fourth-order valence-electron chi connectivity index (χ4n) is 1.25. The maximum absolute atomic E-state index is 13.5. The Morgan fingerprint density at radius 3 is 1.69 bits per heavy atom. The lowest BCUT2D eigenvalue weighted by Gasteiger charge is -2.34. The number of nitrogens with zero attached hydrogens (tertiary/aromatic N) is 1. The van der Waals surface area contributed by atoms with Crippen molar-refractivity contribution in [1.29, 1.82) is 0 Å². The summed E-state index contributed by atoms with van der Waals surface area (Å²) in [6.07, 6.45) is -10.4. The van der Waals surface area contributed by atoms with Crippen molar-refractivity contribution in [3.63, 3.8) is 0 Å². The van der Waals surface area contributed by atoms with Gasteiger partial charge < -0.3 is 4.74 Å². The molecule has 0 aliphatic rings. The first-order valence-electron chi connectivity index (χ1n) is 5.96. The van der Waals surface area contributed by atoms with E-state index in [2.05, 4.69) is 4.74 Å². The third kappa shape index (κ3) is 4.03. The molecule has 0 aromatic carbocycles. The molecule has 16 heteroatoms. The zero-order chi connectivity index (χ0) is 21.3. The Kier molecular flexibility index (Phi) is 7.09. The molecule has 26 heavy (non-hydrogen) atoms. The van der Waals surface area contributed by atoms with Crippen molar-refractivity contribution in [2.45, 2.75) is 30.2 Å². The number of esters is 1. The minimum atomic E-state index is -7.37. The molecule has 0 N–H and O–H groups in total. The Hall–Kier alpha value is -1.61. The molecule has 0 bridgehead atoms. The van der Waals surface area contributed by atoms with Gasteiger partial charge in [-0.3, -0.25) is 4.31 Å². The average Bonchev–Trinajstić information content (AvgIpc) is 2.44. The van der Waals surface area contributed by atoms with E-state index < -0.39 is 62.9 Å². The van der Waals surface area contributed by atoms with Gasteiger partial charge in [0.1, 0.15) is 0 Å². The van der Waals surface area contributed by atoms with E-state index in [4.69, 9.17) is 0 Å². The molecule has 0 aliphatic heterocycles. The molecule has 0 heterocycles. The van der Waals surface area contributed by atoms with Gasteiger partial charge in [-0.05, 0) is 6.92 Å². The standard InChI is InChI=1S/C10H8F11NO3S/c1-3-25-6(23)4(5(11)12)22(2)26(24)10(20,21)8(15,16)7(13,14)9(17,18)19/h3H2,1-2H3. The van der Waals surface area contributed by atoms with Gasteiger partial charge in [0.05, 0.1) is 6.61 Å². The van der Waals surface area contributed by atoms with E-state index >= 15 is 0 Å². The number of alkyl halides is 9. The Morgan fingerprint density at radius 2 is 1.38 bits per heavy atom. The number of carbonyl (C=O) groups excluding carboxylic acids is 1. The quantitative estimate of drug-likeness (QED) is 0.351. The number of rotatable bonds is 7. The predicted molar refractivity (Wildman–Crippen MR) is 62.7 cm³/mol. The molecular formula is C10H8F11NO3S. The van der Waals surface area contributed by atoms with E-state index in [1.165, 1.54) is 0 Å². The highest BCUT2D eigenvalue weighted by molar-refractivity contribution is 7.84. The minimum absolute atomic E-state index is 0.1000. The third-order valence-corrected chi connectivity index (χ3v) is 3.92. The van der Waals surface area contributed by atoms with Crippen LogP contribution in [0.3, 0.4) is 0 Å². The SMILES string of the molecule is CCOC(=O)C(=C(F)F)N(C)S(=O)C(F)(F)C(F)(F)C(F)(F)C(F)(F)F. The maximum atomic E-state index is 13.5. The number of ether oxygens (including phenoxy) is 1. The highest BCUT2D eigenvalue weighted by atomic mass is 32.2. The first-order valence-corrected chi connectivity index (χ1v) is 7.06. The highest BCUT2D eigenvalue weighted by Crippen LogP contribution is 2.54. The van der Waals surface area contributed by atoms with Gasteiger partial charge in [-0.25, -0.2) is 9.00 Å². The van der Waals surface area contributed by atoms with Crippen LogP contribution in [0.2, 0.25) is 0 Å². The molecule has 1 atom stereocenters. The molecule has 0 radical (unpaired) electrons. The van der Waals surface area contributed by atoms with Crippen LogP contribution in [0, 0.1) is 0 Å². The number of likely N-dealkylation sites (N-methyl/N-ethyl adjacent to an activating group) is 1. The first-order chi connectivity index (χ1) is 11.4. The summed E-state index contributed by atoms with van der Waals surface area (Å²) in [7, 11) is -5.07. The molecule has 0 aliphatic carbocycles. The van der Waals surface area contributed by atoms with Crippen molar-refractivity contribution in [1.82, 2.24) is 4.31 Å². The predicted octanol–water partition coefficient (Wildman–Crippen LogP) is 3.68. The summed E-state index contributed by atoms with van der Waals surface area (Å²) in [5.41, 5.74) is -2.30. The van der Waals surface area contributed by atoms with E-state index in [0.717, 1.165) is 6.92 Å². The Morgan fingerprint density at radius 1 is 0.962 bits per heavy atom. The van der Waals surface area contributed by atoms with Crippen LogP contribution in [0.1, 0.15) is 6.92 Å². The summed E-state index contributed by atoms with van der Waals surface area (Å²) >= 11 is 0. The van der Waals surface area contributed by atoms with E-state index in [0.29, 0.717) is 0 Å². The molecule has 0 fully saturated rings. The largest absolute Gasteiger partial charge is 0.461 e. The molecule has 0 aromatic rings. The number of hydrogen-bond donors (Lipinski definition) is 0. The van der Waals surface area contributed by atoms with Crippen molar-refractivity contribution in [3.8, 4) is 0 Å². The molecule has 154 valence electrons. The number of carbonyl (C=O) groups is 1. The summed E-state index contributed by atoms with van der Waals surface area (Å²) in [5.74, 6) is -16.9. The molecule has 0 spiro atoms. The van der Waals surface area contributed by atoms with Crippen molar-refractivity contribution >= 4 is 17.0 Å². The van der Waals surface area contributed by atoms with E-state index in [1.807, 2.05) is 0 Å². The normalized spacial score (nSPS) is 14.7. The van der Waals surface area contributed by atoms with Crippen molar-refractivity contribution < 1.29 is 62.0 Å². The fraction of sp³-hybridized carbons (Fsp3) is 0.700. The van der Waals surface area contributed by atoms with E-state index in [-0.39, 0.29) is 7.05 Å². The summed E-state index contributed by atoms with van der Waals surface area (Å²) in [5, 5.41) is -6.71. The molecule has 0 aromatic heterocycles. The zero-order valence-corrected chi connectivity index (χ0v) is 13.3. The Bertz CT molecular complexity index is 598. The monoisotopic (exact) mass is 431 g/mol. The third-order valence-electron chi connectivity index (χ3n) is 2.55. The second-order valence-corrected chi connectivity index (χ2v) is 5.80. The summed E-state index contributed by atoms with van der Waals surface area (Å²) < 4.78 is 154. The van der Waals surface area contributed by atoms with Gasteiger partial charge in [0.25, 0.3) is 0 Å². The number of hydrogen-bond acceptors (Lipinski definition) is 3. The maximum Gasteiger partial charge on any atom is 0.460 e. The minimum Gasteiger partial charge on any atom is -0.461 e. The van der Waals surface area contributed by atoms with Crippen LogP contribution in [0.4, 0.5) is 48.3 Å². The van der Waals surface area contributed by atoms with Crippen LogP contribution in [-0.2, 0) is 20.5 Å². The van der Waals surface area contributed by atoms with Crippen LogP contribution < -0.4 is 0 Å². The second-order valence-electron chi connectivity index (χ2n) is 4.24. The molecule has 0 saturated heterocycles. The second kappa shape index (κ2) is 7.56. The van der Waals surface area contributed by atoms with Crippen LogP contribution in [-0.4, -0.2) is 51.4 Å². The molecule has 1 unspecified atom stereocenters. The Balaban J connectivity index is 6.12. The van der Waals surface area contributed by atoms with Gasteiger partial charge in [0.15, 0.2) is 11.0 Å². The lowest BCUT2D eigenvalue weighted by atomic mass is 10.1. The van der Waals surface area contributed by atoms with Gasteiger partial charge in [0.2, 0.25) is 5.70 Å². The molecular weight excluding hydrogens is 423 g/mol. The highest BCUT2D eigenvalue weighted by Gasteiger charge is 2.84. The van der Waals surface area contributed by atoms with Crippen LogP contribution in [0.15, 0.2) is 11.8 Å². The van der Waals surface area contributed by atoms with Gasteiger partial charge >= 0.3 is 35.3 Å². The zero-order valence-electron chi connectivity index (χ0n) is 12.4. The summed E-state index contributed by atoms with van der Waals surface area (Å²) in [4.78, 5) is 11.2. The lowest BCUT2D eigenvalue weighted by molar-refractivity contribution is -0.382. The number of halogens is 11. The molecule has 0 rings (SSSR count). The van der Waals surface area contributed by atoms with Crippen LogP contribution in [0.25, 0.3) is 0 Å². The van der Waals surface area contributed by atoms with Gasteiger partial charge in [-0.15, -0.1) is 0 Å². The van der Waals surface area contributed by atoms with Gasteiger partial charge in [-0.2, -0.15) is 48.3 Å². The van der Waals surface area contributed by atoms with Crippen molar-refractivity contribution in [2.24, 2.45) is 0 Å². The van der Waals surface area contributed by atoms with E-state index in [9.17, 15) is 57.3 Å². The van der Waals surface area contributed by atoms with Crippen LogP contribution in [0.5, 0.6) is 0 Å². The topological polar surface area (TPSA) is 46.6 Å². The first kappa shape index (κ1) is 24.4. The van der Waals surface area contributed by atoms with E-state index in [1.54, 1.807) is 0 Å². The smallest absolute Gasteiger partial charge is 0.460 e. The lowest BCUT2D eigenvalue weighted by Crippen LogP contribution is -2.63. The average molecular weight is 431 g/mol. The van der Waals surface area contributed by atoms with Crippen molar-refractivity contribution in [2.75, 3.05) is 13.7 Å².